The van der Waals surface area contributed by atoms with Gasteiger partial charge < -0.3 is 14.7 Å². The zero-order chi connectivity index (χ0) is 8.43. The number of rotatable bonds is 2. The van der Waals surface area contributed by atoms with Crippen LogP contribution >= 0.6 is 15.9 Å². The van der Waals surface area contributed by atoms with Gasteiger partial charge in [-0.15, -0.1) is 0 Å². The fraction of sp³-hybridized carbons (Fsp3) is 0.200. The lowest BCUT2D eigenvalue weighted by molar-refractivity contribution is -0.148. The second-order valence-corrected chi connectivity index (χ2v) is 2.61. The van der Waals surface area contributed by atoms with Gasteiger partial charge in [-0.2, -0.15) is 0 Å². The molecule has 1 rings (SSSR count). The predicted molar refractivity (Wildman–Crippen MR) is 36.8 cm³/mol. The van der Waals surface area contributed by atoms with Crippen molar-refractivity contribution < 1.29 is 19.5 Å². The van der Waals surface area contributed by atoms with Gasteiger partial charge >= 0.3 is 5.97 Å². The molecule has 0 aromatic carbocycles. The lowest BCUT2D eigenvalue weighted by Gasteiger charge is -1.96. The number of aromatic nitrogens is 1. The molecule has 0 saturated carbocycles. The maximum atomic E-state index is 10.2. The molecule has 0 fully saturated rings. The van der Waals surface area contributed by atoms with E-state index in [1.807, 2.05) is 0 Å². The summed E-state index contributed by atoms with van der Waals surface area (Å²) in [6.07, 6.45) is -1.64. The Balaban J connectivity index is 2.84. The van der Waals surface area contributed by atoms with Crippen LogP contribution in [-0.4, -0.2) is 21.3 Å². The highest BCUT2D eigenvalue weighted by Crippen LogP contribution is 2.16. The number of carboxylic acid groups (broad SMARTS) is 1. The third kappa shape index (κ3) is 1.78. The van der Waals surface area contributed by atoms with Gasteiger partial charge in [-0.25, -0.2) is 4.79 Å². The lowest BCUT2D eigenvalue weighted by atomic mass is 10.3. The first-order valence-corrected chi connectivity index (χ1v) is 3.43. The van der Waals surface area contributed by atoms with Gasteiger partial charge in [0.1, 0.15) is 4.60 Å². The summed E-state index contributed by atoms with van der Waals surface area (Å²) in [6, 6.07) is 1.29. The number of hydrogen-bond acceptors (Lipinski definition) is 4. The summed E-state index contributed by atoms with van der Waals surface area (Å²) in [6.45, 7) is 0. The van der Waals surface area contributed by atoms with Crippen LogP contribution in [0, 0.1) is 0 Å². The van der Waals surface area contributed by atoms with E-state index < -0.39 is 12.1 Å². The number of nitrogens with zero attached hydrogens (tertiary/aromatic N) is 1. The number of carboxylic acids is 1. The summed E-state index contributed by atoms with van der Waals surface area (Å²) in [5.41, 5.74) is 0. The molecule has 6 heteroatoms. The van der Waals surface area contributed by atoms with E-state index >= 15 is 0 Å². The molecular weight excluding hydrogens is 218 g/mol. The number of hydrogen-bond donors (Lipinski definition) is 2. The summed E-state index contributed by atoms with van der Waals surface area (Å²) in [5, 5.41) is 20.5. The Morgan fingerprint density at radius 2 is 2.45 bits per heavy atom. The summed E-state index contributed by atoms with van der Waals surface area (Å²) in [7, 11) is 0. The molecule has 1 aromatic rings. The van der Waals surface area contributed by atoms with Crippen LogP contribution in [0.25, 0.3) is 0 Å². The Morgan fingerprint density at radius 3 is 2.82 bits per heavy atom. The molecule has 0 aliphatic rings. The van der Waals surface area contributed by atoms with Crippen molar-refractivity contribution in [3.63, 3.8) is 0 Å². The van der Waals surface area contributed by atoms with Crippen LogP contribution in [0.3, 0.4) is 0 Å². The first-order valence-electron chi connectivity index (χ1n) is 2.64. The van der Waals surface area contributed by atoms with Gasteiger partial charge in [-0.1, -0.05) is 5.16 Å². The molecule has 11 heavy (non-hydrogen) atoms. The summed E-state index contributed by atoms with van der Waals surface area (Å²) >= 11 is 2.94. The maximum absolute atomic E-state index is 10.2. The van der Waals surface area contributed by atoms with E-state index in [4.69, 9.17) is 10.2 Å². The van der Waals surface area contributed by atoms with Crippen LogP contribution in [0.1, 0.15) is 11.9 Å². The highest BCUT2D eigenvalue weighted by molar-refractivity contribution is 9.10. The molecular formula is C5H4BrNO4. The van der Waals surface area contributed by atoms with E-state index in [0.717, 1.165) is 0 Å². The Bertz CT molecular complexity index is 271. The van der Waals surface area contributed by atoms with Gasteiger partial charge in [-0.3, -0.25) is 0 Å². The molecule has 2 N–H and O–H groups in total. The number of aliphatic carboxylic acids is 1. The molecule has 60 valence electrons. The van der Waals surface area contributed by atoms with Crippen LogP contribution in [0.4, 0.5) is 0 Å². The maximum Gasteiger partial charge on any atom is 0.340 e. The summed E-state index contributed by atoms with van der Waals surface area (Å²) in [5.74, 6) is -1.46. The zero-order valence-electron chi connectivity index (χ0n) is 5.19. The van der Waals surface area contributed by atoms with Gasteiger partial charge in [0, 0.05) is 6.07 Å². The van der Waals surface area contributed by atoms with Crippen molar-refractivity contribution in [1.29, 1.82) is 0 Å². The summed E-state index contributed by atoms with van der Waals surface area (Å²) < 4.78 is 4.81. The average Bonchev–Trinajstić information content (AvgIpc) is 2.34. The molecule has 0 aliphatic carbocycles. The largest absolute Gasteiger partial charge is 0.479 e. The molecule has 1 aromatic heterocycles. The second kappa shape index (κ2) is 3.02. The van der Waals surface area contributed by atoms with Crippen molar-refractivity contribution in [2.45, 2.75) is 6.10 Å². The number of aliphatic hydroxyl groups excluding tert-OH is 1. The Kier molecular flexibility index (Phi) is 2.25. The van der Waals surface area contributed by atoms with Crippen LogP contribution in [0.2, 0.25) is 0 Å². The van der Waals surface area contributed by atoms with Crippen LogP contribution in [0.15, 0.2) is 15.2 Å². The first-order chi connectivity index (χ1) is 5.11. The summed E-state index contributed by atoms with van der Waals surface area (Å²) in [4.78, 5) is 10.2. The molecule has 0 bridgehead atoms. The minimum Gasteiger partial charge on any atom is -0.479 e. The fourth-order valence-electron chi connectivity index (χ4n) is 0.517. The smallest absolute Gasteiger partial charge is 0.340 e. The normalized spacial score (nSPS) is 12.9. The van der Waals surface area contributed by atoms with Gasteiger partial charge in [0.05, 0.1) is 0 Å². The topological polar surface area (TPSA) is 83.6 Å². The lowest BCUT2D eigenvalue weighted by Crippen LogP contribution is -2.09. The second-order valence-electron chi connectivity index (χ2n) is 1.79. The average molecular weight is 222 g/mol. The fourth-order valence-corrected chi connectivity index (χ4v) is 0.815. The molecule has 0 amide bonds. The molecule has 0 saturated heterocycles. The van der Waals surface area contributed by atoms with E-state index in [-0.39, 0.29) is 5.76 Å². The van der Waals surface area contributed by atoms with Crippen molar-refractivity contribution in [2.75, 3.05) is 0 Å². The van der Waals surface area contributed by atoms with E-state index in [0.29, 0.717) is 4.60 Å². The van der Waals surface area contributed by atoms with E-state index in [1.54, 1.807) is 0 Å². The van der Waals surface area contributed by atoms with E-state index in [1.165, 1.54) is 6.07 Å². The standard InChI is InChI=1S/C5H4BrNO4/c6-3-1-2(11-7-3)4(8)5(9)10/h1,4,8H,(H,9,10). The Morgan fingerprint density at radius 1 is 1.82 bits per heavy atom. The third-order valence-corrected chi connectivity index (χ3v) is 1.38. The van der Waals surface area contributed by atoms with Crippen molar-refractivity contribution >= 4 is 21.9 Å². The highest BCUT2D eigenvalue weighted by atomic mass is 79.9. The minimum atomic E-state index is -1.64. The number of halogens is 1. The van der Waals surface area contributed by atoms with E-state index in [9.17, 15) is 4.79 Å². The third-order valence-electron chi connectivity index (χ3n) is 1.00. The minimum absolute atomic E-state index is 0.0932. The first kappa shape index (κ1) is 8.22. The van der Waals surface area contributed by atoms with Gasteiger partial charge in [-0.05, 0) is 15.9 Å². The van der Waals surface area contributed by atoms with Crippen molar-refractivity contribution in [1.82, 2.24) is 5.16 Å². The van der Waals surface area contributed by atoms with Gasteiger partial charge in [0.15, 0.2) is 5.76 Å². The monoisotopic (exact) mass is 221 g/mol. The molecule has 5 nitrogen and oxygen atoms in total. The highest BCUT2D eigenvalue weighted by Gasteiger charge is 2.20. The predicted octanol–water partition coefficient (Wildman–Crippen LogP) is 0.555. The van der Waals surface area contributed by atoms with Crippen LogP contribution in [0.5, 0.6) is 0 Å². The van der Waals surface area contributed by atoms with E-state index in [2.05, 4.69) is 25.6 Å². The molecule has 0 spiro atoms. The van der Waals surface area contributed by atoms with Gasteiger partial charge in [0.2, 0.25) is 6.10 Å². The molecule has 0 radical (unpaired) electrons. The quantitative estimate of drug-likeness (QED) is 0.763. The molecule has 1 atom stereocenters. The Labute approximate surface area is 69.7 Å². The SMILES string of the molecule is O=C(O)C(O)c1cc(Br)no1. The van der Waals surface area contributed by atoms with Crippen molar-refractivity contribution in [3.8, 4) is 0 Å². The van der Waals surface area contributed by atoms with Gasteiger partial charge in [0.25, 0.3) is 0 Å². The Hall–Kier alpha value is -0.880. The molecule has 0 aliphatic heterocycles. The van der Waals surface area contributed by atoms with Crippen molar-refractivity contribution in [2.24, 2.45) is 0 Å². The number of aliphatic hydroxyl groups is 1. The molecule has 1 heterocycles. The zero-order valence-corrected chi connectivity index (χ0v) is 6.78. The van der Waals surface area contributed by atoms with Crippen LogP contribution < -0.4 is 0 Å². The molecule has 1 unspecified atom stereocenters. The van der Waals surface area contributed by atoms with Crippen LogP contribution in [-0.2, 0) is 4.79 Å². The van der Waals surface area contributed by atoms with Crippen molar-refractivity contribution in [3.05, 3.63) is 16.4 Å². The number of carbonyl (C=O) groups is 1.